The highest BCUT2D eigenvalue weighted by atomic mass is 16.5. The Labute approximate surface area is 155 Å². The van der Waals surface area contributed by atoms with Crippen LogP contribution in [-0.4, -0.2) is 26.3 Å². The molecule has 27 heavy (non-hydrogen) atoms. The van der Waals surface area contributed by atoms with Crippen LogP contribution < -0.4 is 35.7 Å². The van der Waals surface area contributed by atoms with Crippen LogP contribution in [0, 0.1) is 0 Å². The van der Waals surface area contributed by atoms with Crippen LogP contribution in [0.2, 0.25) is 0 Å². The average molecular weight is 369 g/mol. The predicted octanol–water partition coefficient (Wildman–Crippen LogP) is 2.06. The molecule has 0 radical (unpaired) electrons. The lowest BCUT2D eigenvalue weighted by Gasteiger charge is -2.17. The van der Waals surface area contributed by atoms with Gasteiger partial charge in [0.05, 0.1) is 33.6 Å². The molecule has 0 aliphatic heterocycles. The van der Waals surface area contributed by atoms with Gasteiger partial charge in [0.25, 0.3) is 10.9 Å². The topological polar surface area (TPSA) is 98.8 Å². The van der Waals surface area contributed by atoms with Crippen molar-refractivity contribution in [2.45, 2.75) is 6.54 Å². The van der Waals surface area contributed by atoms with Gasteiger partial charge in [-0.2, -0.15) is 0 Å². The van der Waals surface area contributed by atoms with Gasteiger partial charge in [-0.05, 0) is 12.1 Å². The van der Waals surface area contributed by atoms with Crippen molar-refractivity contribution in [3.63, 3.8) is 0 Å². The second-order valence-electron chi connectivity index (χ2n) is 5.62. The summed E-state index contributed by atoms with van der Waals surface area (Å²) in [5.41, 5.74) is 0.527. The van der Waals surface area contributed by atoms with Gasteiger partial charge < -0.3 is 24.8 Å². The van der Waals surface area contributed by atoms with E-state index in [4.69, 9.17) is 14.2 Å². The molecule has 0 saturated heterocycles. The van der Waals surface area contributed by atoms with E-state index in [0.717, 1.165) is 5.69 Å². The molecule has 0 atom stereocenters. The first-order valence-electron chi connectivity index (χ1n) is 8.13. The van der Waals surface area contributed by atoms with Crippen molar-refractivity contribution in [3.8, 4) is 17.2 Å². The first kappa shape index (κ1) is 18.2. The predicted molar refractivity (Wildman–Crippen MR) is 102 cm³/mol. The maximum Gasteiger partial charge on any atom is 0.253 e. The fourth-order valence-corrected chi connectivity index (χ4v) is 2.66. The summed E-state index contributed by atoms with van der Waals surface area (Å²) in [4.78, 5) is 28.1. The zero-order chi connectivity index (χ0) is 19.4. The molecule has 0 bridgehead atoms. The number of nitrogens with one attached hydrogen (secondary N) is 2. The van der Waals surface area contributed by atoms with Crippen molar-refractivity contribution in [1.82, 2.24) is 4.98 Å². The summed E-state index contributed by atoms with van der Waals surface area (Å²) in [6.07, 6.45) is 1.66. The van der Waals surface area contributed by atoms with E-state index in [1.807, 2.05) is 12.1 Å². The summed E-state index contributed by atoms with van der Waals surface area (Å²) < 4.78 is 15.9. The highest BCUT2D eigenvalue weighted by Crippen LogP contribution is 2.40. The molecule has 0 aliphatic rings. The van der Waals surface area contributed by atoms with Crippen molar-refractivity contribution in [1.29, 1.82) is 0 Å². The van der Waals surface area contributed by atoms with Crippen LogP contribution in [0.1, 0.15) is 5.69 Å². The smallest absolute Gasteiger partial charge is 0.253 e. The summed E-state index contributed by atoms with van der Waals surface area (Å²) in [6.45, 7) is 0.329. The van der Waals surface area contributed by atoms with Crippen molar-refractivity contribution in [2.75, 3.05) is 32.0 Å². The number of aromatic nitrogens is 1. The van der Waals surface area contributed by atoms with Crippen molar-refractivity contribution in [2.24, 2.45) is 0 Å². The number of pyridine rings is 1. The molecule has 0 unspecified atom stereocenters. The van der Waals surface area contributed by atoms with Gasteiger partial charge in [0.1, 0.15) is 11.4 Å². The lowest BCUT2D eigenvalue weighted by molar-refractivity contribution is 0.324. The lowest BCUT2D eigenvalue weighted by atomic mass is 10.1. The number of hydrogen-bond donors (Lipinski definition) is 2. The van der Waals surface area contributed by atoms with Crippen LogP contribution in [0.4, 0.5) is 17.1 Å². The quantitative estimate of drug-likeness (QED) is 0.582. The van der Waals surface area contributed by atoms with Crippen LogP contribution in [0.15, 0.2) is 46.1 Å². The largest absolute Gasteiger partial charge is 0.493 e. The molecule has 140 valence electrons. The standard InChI is InChI=1S/C19H19N3O5/c1-25-13-8-12(9-14(26-2)19(13)27-3)22-16-15(17(23)18(16)24)21-10-11-6-4-5-7-20-11/h4-9,21-22H,10H2,1-3H3. The minimum atomic E-state index is -0.590. The Balaban J connectivity index is 1.85. The van der Waals surface area contributed by atoms with E-state index in [0.29, 0.717) is 29.5 Å². The minimum Gasteiger partial charge on any atom is -0.493 e. The third-order valence-electron chi connectivity index (χ3n) is 4.02. The second-order valence-corrected chi connectivity index (χ2v) is 5.62. The van der Waals surface area contributed by atoms with E-state index >= 15 is 0 Å². The average Bonchev–Trinajstić information content (AvgIpc) is 2.72. The Morgan fingerprint density at radius 3 is 2.15 bits per heavy atom. The summed E-state index contributed by atoms with van der Waals surface area (Å²) in [7, 11) is 4.50. The first-order valence-corrected chi connectivity index (χ1v) is 8.13. The zero-order valence-corrected chi connectivity index (χ0v) is 15.2. The maximum absolute atomic E-state index is 12.0. The van der Waals surface area contributed by atoms with E-state index in [2.05, 4.69) is 15.6 Å². The molecule has 8 heteroatoms. The van der Waals surface area contributed by atoms with E-state index in [-0.39, 0.29) is 11.4 Å². The summed E-state index contributed by atoms with van der Waals surface area (Å²) >= 11 is 0. The first-order chi connectivity index (χ1) is 13.1. The molecule has 3 rings (SSSR count). The third-order valence-corrected chi connectivity index (χ3v) is 4.02. The van der Waals surface area contributed by atoms with Gasteiger partial charge >= 0.3 is 0 Å². The van der Waals surface area contributed by atoms with Gasteiger partial charge in [0.15, 0.2) is 11.5 Å². The number of anilines is 3. The Morgan fingerprint density at radius 1 is 0.926 bits per heavy atom. The number of hydrogen-bond acceptors (Lipinski definition) is 8. The third kappa shape index (κ3) is 3.55. The fourth-order valence-electron chi connectivity index (χ4n) is 2.66. The van der Waals surface area contributed by atoms with Crippen molar-refractivity contribution < 1.29 is 14.2 Å². The molecule has 8 nitrogen and oxygen atoms in total. The van der Waals surface area contributed by atoms with E-state index in [9.17, 15) is 9.59 Å². The van der Waals surface area contributed by atoms with Gasteiger partial charge in [-0.25, -0.2) is 0 Å². The number of ether oxygens (including phenoxy) is 3. The van der Waals surface area contributed by atoms with Crippen LogP contribution >= 0.6 is 0 Å². The van der Waals surface area contributed by atoms with Crippen molar-refractivity contribution >= 4 is 17.1 Å². The number of methoxy groups -OCH3 is 3. The molecule has 0 amide bonds. The van der Waals surface area contributed by atoms with Gasteiger partial charge in [-0.15, -0.1) is 0 Å². The Bertz CT molecular complexity index is 985. The van der Waals surface area contributed by atoms with Gasteiger partial charge in [0, 0.05) is 24.0 Å². The molecule has 0 fully saturated rings. The normalized spacial score (nSPS) is 10.5. The Morgan fingerprint density at radius 2 is 1.59 bits per heavy atom. The van der Waals surface area contributed by atoms with Crippen LogP contribution in [-0.2, 0) is 6.54 Å². The summed E-state index contributed by atoms with van der Waals surface area (Å²) in [6, 6.07) is 8.78. The molecular weight excluding hydrogens is 350 g/mol. The number of nitrogens with zero attached hydrogens (tertiary/aromatic N) is 1. The van der Waals surface area contributed by atoms with Gasteiger partial charge in [-0.3, -0.25) is 14.6 Å². The molecule has 0 aliphatic carbocycles. The van der Waals surface area contributed by atoms with E-state index in [1.165, 1.54) is 21.3 Å². The van der Waals surface area contributed by atoms with Gasteiger partial charge in [0.2, 0.25) is 5.75 Å². The second kappa shape index (κ2) is 7.77. The molecule has 1 aromatic heterocycles. The van der Waals surface area contributed by atoms with Crippen LogP contribution in [0.25, 0.3) is 0 Å². The Hall–Kier alpha value is -3.55. The highest BCUT2D eigenvalue weighted by molar-refractivity contribution is 5.80. The molecule has 2 aromatic carbocycles. The van der Waals surface area contributed by atoms with E-state index < -0.39 is 10.9 Å². The summed E-state index contributed by atoms with van der Waals surface area (Å²) in [5.74, 6) is 1.30. The number of benzene rings is 1. The summed E-state index contributed by atoms with van der Waals surface area (Å²) in [5, 5.41) is 5.92. The highest BCUT2D eigenvalue weighted by Gasteiger charge is 2.22. The van der Waals surface area contributed by atoms with Gasteiger partial charge in [-0.1, -0.05) is 6.07 Å². The maximum atomic E-state index is 12.0. The monoisotopic (exact) mass is 369 g/mol. The molecule has 3 aromatic rings. The van der Waals surface area contributed by atoms with Crippen LogP contribution in [0.5, 0.6) is 17.2 Å². The molecular formula is C19H19N3O5. The van der Waals surface area contributed by atoms with Crippen molar-refractivity contribution in [3.05, 3.63) is 62.7 Å². The van der Waals surface area contributed by atoms with Crippen LogP contribution in [0.3, 0.4) is 0 Å². The molecule has 2 N–H and O–H groups in total. The lowest BCUT2D eigenvalue weighted by Crippen LogP contribution is -2.36. The minimum absolute atomic E-state index is 0.185. The SMILES string of the molecule is COc1cc(Nc2c(NCc3ccccn3)c(=O)c2=O)cc(OC)c1OC. The fraction of sp³-hybridized carbons (Fsp3) is 0.211. The number of rotatable bonds is 8. The Kier molecular flexibility index (Phi) is 5.25. The van der Waals surface area contributed by atoms with E-state index in [1.54, 1.807) is 24.4 Å². The zero-order valence-electron chi connectivity index (χ0n) is 15.2. The molecule has 0 saturated carbocycles. The molecule has 0 spiro atoms. The molecule has 1 heterocycles.